The van der Waals surface area contributed by atoms with Crippen LogP contribution >= 0.6 is 0 Å². The summed E-state index contributed by atoms with van der Waals surface area (Å²) in [7, 11) is 1.52. The molecule has 1 aromatic heterocycles. The van der Waals surface area contributed by atoms with Crippen molar-refractivity contribution in [3.8, 4) is 11.9 Å². The molecule has 0 aliphatic carbocycles. The van der Waals surface area contributed by atoms with Gasteiger partial charge < -0.3 is 10.1 Å². The van der Waals surface area contributed by atoms with Crippen LogP contribution in [0.5, 0.6) is 5.88 Å². The third kappa shape index (κ3) is 3.00. The number of anilines is 1. The Bertz CT molecular complexity index is 662. The highest BCUT2D eigenvalue weighted by molar-refractivity contribution is 6.01. The summed E-state index contributed by atoms with van der Waals surface area (Å²) >= 11 is 0. The van der Waals surface area contributed by atoms with Gasteiger partial charge in [0.15, 0.2) is 5.41 Å². The van der Waals surface area contributed by atoms with Crippen molar-refractivity contribution in [3.63, 3.8) is 0 Å². The van der Waals surface area contributed by atoms with E-state index in [1.54, 1.807) is 43.3 Å². The number of nitrogens with zero attached hydrogens (tertiary/aromatic N) is 2. The van der Waals surface area contributed by atoms with E-state index in [1.807, 2.05) is 6.07 Å². The topological polar surface area (TPSA) is 75.0 Å². The Morgan fingerprint density at radius 3 is 2.52 bits per heavy atom. The molecule has 1 heterocycles. The lowest BCUT2D eigenvalue weighted by Gasteiger charge is -2.21. The van der Waals surface area contributed by atoms with E-state index in [4.69, 9.17) is 4.74 Å². The lowest BCUT2D eigenvalue weighted by molar-refractivity contribution is -0.119. The van der Waals surface area contributed by atoms with Gasteiger partial charge in [-0.05, 0) is 18.6 Å². The van der Waals surface area contributed by atoms with Crippen molar-refractivity contribution >= 4 is 11.6 Å². The molecule has 0 saturated heterocycles. The van der Waals surface area contributed by atoms with Gasteiger partial charge in [-0.15, -0.1) is 0 Å². The van der Waals surface area contributed by atoms with Gasteiger partial charge in [-0.25, -0.2) is 4.98 Å². The van der Waals surface area contributed by atoms with E-state index < -0.39 is 11.3 Å². The van der Waals surface area contributed by atoms with E-state index >= 15 is 0 Å². The van der Waals surface area contributed by atoms with E-state index in [0.29, 0.717) is 17.1 Å². The number of carbonyl (C=O) groups excluding carboxylic acids is 1. The molecule has 1 aromatic carbocycles. The van der Waals surface area contributed by atoms with Crippen LogP contribution in [0.25, 0.3) is 0 Å². The zero-order valence-electron chi connectivity index (χ0n) is 11.8. The number of nitriles is 1. The highest BCUT2D eigenvalue weighted by atomic mass is 16.5. The molecule has 0 spiro atoms. The van der Waals surface area contributed by atoms with Crippen molar-refractivity contribution in [3.05, 3.63) is 54.2 Å². The number of rotatable bonds is 4. The molecule has 1 atom stereocenters. The number of pyridine rings is 1. The minimum Gasteiger partial charge on any atom is -0.481 e. The maximum Gasteiger partial charge on any atom is 0.249 e. The van der Waals surface area contributed by atoms with Gasteiger partial charge in [0.1, 0.15) is 0 Å². The van der Waals surface area contributed by atoms with Crippen LogP contribution < -0.4 is 10.1 Å². The van der Waals surface area contributed by atoms with Crippen LogP contribution in [0.1, 0.15) is 12.5 Å². The molecule has 0 saturated carbocycles. The molecular weight excluding hydrogens is 266 g/mol. The first kappa shape index (κ1) is 14.5. The first-order valence-electron chi connectivity index (χ1n) is 6.38. The van der Waals surface area contributed by atoms with Crippen LogP contribution in [0.3, 0.4) is 0 Å². The Hall–Kier alpha value is -2.87. The molecule has 1 N–H and O–H groups in total. The van der Waals surface area contributed by atoms with Gasteiger partial charge >= 0.3 is 0 Å². The van der Waals surface area contributed by atoms with Crippen molar-refractivity contribution in [1.29, 1.82) is 5.26 Å². The number of nitrogens with one attached hydrogen (secondary N) is 1. The lowest BCUT2D eigenvalue weighted by atomic mass is 9.83. The van der Waals surface area contributed by atoms with Crippen molar-refractivity contribution in [2.24, 2.45) is 0 Å². The molecule has 0 fully saturated rings. The average molecular weight is 281 g/mol. The van der Waals surface area contributed by atoms with E-state index in [0.717, 1.165) is 0 Å². The summed E-state index contributed by atoms with van der Waals surface area (Å²) in [5, 5.41) is 12.1. The molecular formula is C16H15N3O2. The Morgan fingerprint density at radius 1 is 1.29 bits per heavy atom. The maximum absolute atomic E-state index is 12.4. The van der Waals surface area contributed by atoms with Gasteiger partial charge in [0.2, 0.25) is 11.8 Å². The Labute approximate surface area is 123 Å². The predicted octanol–water partition coefficient (Wildman–Crippen LogP) is 2.51. The predicted molar refractivity (Wildman–Crippen MR) is 78.8 cm³/mol. The molecule has 21 heavy (non-hydrogen) atoms. The van der Waals surface area contributed by atoms with E-state index in [-0.39, 0.29) is 0 Å². The summed E-state index contributed by atoms with van der Waals surface area (Å²) in [6.07, 6.45) is 1.49. The Kier molecular flexibility index (Phi) is 4.19. The second kappa shape index (κ2) is 6.06. The SMILES string of the molecule is COc1ccc(NC(=O)[C@@](C)(C#N)c2ccccc2)cn1. The van der Waals surface area contributed by atoms with Crippen LogP contribution in [0.2, 0.25) is 0 Å². The zero-order valence-corrected chi connectivity index (χ0v) is 11.8. The van der Waals surface area contributed by atoms with Gasteiger partial charge in [0, 0.05) is 6.07 Å². The minimum atomic E-state index is -1.26. The Morgan fingerprint density at radius 2 is 2.00 bits per heavy atom. The quantitative estimate of drug-likeness (QED) is 0.934. The summed E-state index contributed by atoms with van der Waals surface area (Å²) in [4.78, 5) is 16.4. The van der Waals surface area contributed by atoms with E-state index in [2.05, 4.69) is 16.4 Å². The molecule has 0 radical (unpaired) electrons. The molecule has 0 bridgehead atoms. The molecule has 0 aliphatic rings. The zero-order chi connectivity index (χ0) is 15.3. The molecule has 1 amide bonds. The lowest BCUT2D eigenvalue weighted by Crippen LogP contribution is -2.36. The maximum atomic E-state index is 12.4. The first-order valence-corrected chi connectivity index (χ1v) is 6.38. The van der Waals surface area contributed by atoms with Crippen molar-refractivity contribution < 1.29 is 9.53 Å². The van der Waals surface area contributed by atoms with Gasteiger partial charge in [-0.1, -0.05) is 30.3 Å². The number of hydrogen-bond acceptors (Lipinski definition) is 4. The highest BCUT2D eigenvalue weighted by Crippen LogP contribution is 2.25. The van der Waals surface area contributed by atoms with E-state index in [1.165, 1.54) is 13.3 Å². The molecule has 0 unspecified atom stereocenters. The van der Waals surface area contributed by atoms with Gasteiger partial charge in [-0.3, -0.25) is 4.79 Å². The highest BCUT2D eigenvalue weighted by Gasteiger charge is 2.35. The fraction of sp³-hybridized carbons (Fsp3) is 0.188. The fourth-order valence-electron chi connectivity index (χ4n) is 1.85. The number of methoxy groups -OCH3 is 1. The second-order valence-corrected chi connectivity index (χ2v) is 4.65. The summed E-state index contributed by atoms with van der Waals surface area (Å²) in [5.74, 6) is 0.0577. The third-order valence-electron chi connectivity index (χ3n) is 3.23. The normalized spacial score (nSPS) is 12.8. The fourth-order valence-corrected chi connectivity index (χ4v) is 1.85. The summed E-state index contributed by atoms with van der Waals surface area (Å²) in [5.41, 5.74) is -0.106. The second-order valence-electron chi connectivity index (χ2n) is 4.65. The number of ether oxygens (including phenoxy) is 1. The van der Waals surface area contributed by atoms with Crippen LogP contribution in [-0.2, 0) is 10.2 Å². The summed E-state index contributed by atoms with van der Waals surface area (Å²) in [6, 6.07) is 14.3. The van der Waals surface area contributed by atoms with Crippen molar-refractivity contribution in [2.45, 2.75) is 12.3 Å². The molecule has 5 heteroatoms. The molecule has 0 aliphatic heterocycles. The van der Waals surface area contributed by atoms with E-state index in [9.17, 15) is 10.1 Å². The minimum absolute atomic E-state index is 0.400. The summed E-state index contributed by atoms with van der Waals surface area (Å²) in [6.45, 7) is 1.59. The number of aromatic nitrogens is 1. The first-order chi connectivity index (χ1) is 10.1. The molecule has 106 valence electrons. The number of amides is 1. The Balaban J connectivity index is 2.23. The van der Waals surface area contributed by atoms with Crippen LogP contribution in [0, 0.1) is 11.3 Å². The number of benzene rings is 1. The van der Waals surface area contributed by atoms with Gasteiger partial charge in [0.05, 0.1) is 25.1 Å². The van der Waals surface area contributed by atoms with Gasteiger partial charge in [-0.2, -0.15) is 5.26 Å². The number of hydrogen-bond donors (Lipinski definition) is 1. The molecule has 2 rings (SSSR count). The van der Waals surface area contributed by atoms with Crippen molar-refractivity contribution in [1.82, 2.24) is 4.98 Å². The average Bonchev–Trinajstić information content (AvgIpc) is 2.55. The number of carbonyl (C=O) groups is 1. The van der Waals surface area contributed by atoms with Crippen molar-refractivity contribution in [2.75, 3.05) is 12.4 Å². The van der Waals surface area contributed by atoms with Crippen LogP contribution in [0.4, 0.5) is 5.69 Å². The smallest absolute Gasteiger partial charge is 0.249 e. The summed E-state index contributed by atoms with van der Waals surface area (Å²) < 4.78 is 4.96. The standard InChI is InChI=1S/C16H15N3O2/c1-16(11-17,12-6-4-3-5-7-12)15(20)19-13-8-9-14(21-2)18-10-13/h3-10H,1-2H3,(H,19,20)/t16-/m0/s1. The monoisotopic (exact) mass is 281 g/mol. The van der Waals surface area contributed by atoms with Crippen LogP contribution in [0.15, 0.2) is 48.7 Å². The van der Waals surface area contributed by atoms with Gasteiger partial charge in [0.25, 0.3) is 0 Å². The third-order valence-corrected chi connectivity index (χ3v) is 3.23. The largest absolute Gasteiger partial charge is 0.481 e. The molecule has 2 aromatic rings. The van der Waals surface area contributed by atoms with Crippen LogP contribution in [-0.4, -0.2) is 18.0 Å². The molecule has 5 nitrogen and oxygen atoms in total.